The minimum atomic E-state index is -1.57. The van der Waals surface area contributed by atoms with Gasteiger partial charge in [0.25, 0.3) is 0 Å². The van der Waals surface area contributed by atoms with Gasteiger partial charge < -0.3 is 16.4 Å². The highest BCUT2D eigenvalue weighted by atomic mass is 35.5. The number of nitrogens with two attached hydrogens (primary N) is 1. The molecule has 4 N–H and O–H groups in total. The van der Waals surface area contributed by atoms with Crippen molar-refractivity contribution in [3.63, 3.8) is 0 Å². The lowest BCUT2D eigenvalue weighted by atomic mass is 10.0. The monoisotopic (exact) mass is 415 g/mol. The molecule has 0 saturated carbocycles. The van der Waals surface area contributed by atoms with E-state index in [1.54, 1.807) is 26.0 Å². The highest BCUT2D eigenvalue weighted by Crippen LogP contribution is 2.30. The van der Waals surface area contributed by atoms with E-state index in [0.29, 0.717) is 5.56 Å². The van der Waals surface area contributed by atoms with Crippen molar-refractivity contribution in [1.82, 2.24) is 5.32 Å². The highest BCUT2D eigenvalue weighted by molar-refractivity contribution is 5.98. The average Bonchev–Trinajstić information content (AvgIpc) is 2.63. The van der Waals surface area contributed by atoms with Crippen molar-refractivity contribution in [2.45, 2.75) is 19.9 Å². The zero-order valence-electron chi connectivity index (χ0n) is 15.3. The fourth-order valence-electron chi connectivity index (χ4n) is 2.34. The Balaban J connectivity index is 0.00000392. The summed E-state index contributed by atoms with van der Waals surface area (Å²) in [4.78, 5) is 23.9. The predicted molar refractivity (Wildman–Crippen MR) is 103 cm³/mol. The number of halogens is 4. The van der Waals surface area contributed by atoms with E-state index in [1.165, 1.54) is 12.1 Å². The number of amides is 2. The summed E-state index contributed by atoms with van der Waals surface area (Å²) in [7, 11) is 0. The van der Waals surface area contributed by atoms with E-state index in [0.717, 1.165) is 12.1 Å². The highest BCUT2D eigenvalue weighted by Gasteiger charge is 2.18. The van der Waals surface area contributed by atoms with Crippen LogP contribution in [0.4, 0.5) is 18.9 Å². The molecule has 5 nitrogen and oxygen atoms in total. The van der Waals surface area contributed by atoms with E-state index in [9.17, 15) is 22.8 Å². The molecule has 0 spiro atoms. The number of rotatable bonds is 6. The van der Waals surface area contributed by atoms with Crippen molar-refractivity contribution >= 4 is 29.9 Å². The van der Waals surface area contributed by atoms with E-state index < -0.39 is 35.3 Å². The van der Waals surface area contributed by atoms with Gasteiger partial charge in [-0.3, -0.25) is 9.59 Å². The van der Waals surface area contributed by atoms with Crippen molar-refractivity contribution in [3.8, 4) is 11.1 Å². The first-order chi connectivity index (χ1) is 12.7. The average molecular weight is 416 g/mol. The number of carbonyl (C=O) groups is 2. The maximum atomic E-state index is 13.5. The topological polar surface area (TPSA) is 84.2 Å². The molecule has 0 saturated heterocycles. The van der Waals surface area contributed by atoms with Crippen LogP contribution >= 0.6 is 12.4 Å². The molecule has 0 heterocycles. The normalized spacial score (nSPS) is 11.5. The van der Waals surface area contributed by atoms with Gasteiger partial charge in [0, 0.05) is 11.3 Å². The number of para-hydroxylation sites is 1. The second kappa shape index (κ2) is 10.1. The van der Waals surface area contributed by atoms with Crippen LogP contribution < -0.4 is 16.4 Å². The fraction of sp³-hybridized carbons (Fsp3) is 0.263. The van der Waals surface area contributed by atoms with Gasteiger partial charge in [0.05, 0.1) is 12.6 Å². The second-order valence-electron chi connectivity index (χ2n) is 6.34. The summed E-state index contributed by atoms with van der Waals surface area (Å²) >= 11 is 0. The zero-order chi connectivity index (χ0) is 20.1. The number of anilines is 1. The fourth-order valence-corrected chi connectivity index (χ4v) is 2.34. The lowest BCUT2D eigenvalue weighted by Gasteiger charge is -2.16. The standard InChI is InChI=1S/C19H20F3N3O2.ClH/c1-10(2)18(23)19(27)24-9-16(26)25-15-6-4-3-5-12(15)11-7-13(20)17(22)14(21)8-11;/h3-8,10,18H,9,23H2,1-2H3,(H,24,27)(H,25,26);1H/t18-;/m0./s1. The molecule has 0 bridgehead atoms. The van der Waals surface area contributed by atoms with Crippen molar-refractivity contribution in [2.75, 3.05) is 11.9 Å². The number of benzene rings is 2. The summed E-state index contributed by atoms with van der Waals surface area (Å²) in [6.45, 7) is 3.24. The van der Waals surface area contributed by atoms with Crippen molar-refractivity contribution in [3.05, 3.63) is 53.8 Å². The minimum Gasteiger partial charge on any atom is -0.346 e. The predicted octanol–water partition coefficient (Wildman–Crippen LogP) is 3.23. The molecule has 0 radical (unpaired) electrons. The van der Waals surface area contributed by atoms with Gasteiger partial charge in [-0.25, -0.2) is 13.2 Å². The van der Waals surface area contributed by atoms with E-state index in [4.69, 9.17) is 5.73 Å². The molecule has 0 aromatic heterocycles. The Morgan fingerprint density at radius 3 is 2.21 bits per heavy atom. The Labute approximate surface area is 166 Å². The van der Waals surface area contributed by atoms with Crippen LogP contribution in [0.1, 0.15) is 13.8 Å². The van der Waals surface area contributed by atoms with E-state index in [2.05, 4.69) is 10.6 Å². The molecule has 2 rings (SSSR count). The van der Waals surface area contributed by atoms with Crippen molar-refractivity contribution in [1.29, 1.82) is 0 Å². The van der Waals surface area contributed by atoms with Crippen LogP contribution in [0.15, 0.2) is 36.4 Å². The molecule has 1 atom stereocenters. The quantitative estimate of drug-likeness (QED) is 0.633. The first-order valence-corrected chi connectivity index (χ1v) is 8.27. The molecule has 9 heteroatoms. The van der Waals surface area contributed by atoms with Crippen LogP contribution in [0.5, 0.6) is 0 Å². The first-order valence-electron chi connectivity index (χ1n) is 8.27. The van der Waals surface area contributed by atoms with Gasteiger partial charge in [-0.1, -0.05) is 32.0 Å². The van der Waals surface area contributed by atoms with Gasteiger partial charge in [0.1, 0.15) is 0 Å². The Kier molecular flexibility index (Phi) is 8.46. The van der Waals surface area contributed by atoms with Gasteiger partial charge in [-0.2, -0.15) is 0 Å². The van der Waals surface area contributed by atoms with Gasteiger partial charge in [0.15, 0.2) is 17.5 Å². The number of hydrogen-bond donors (Lipinski definition) is 3. The summed E-state index contributed by atoms with van der Waals surface area (Å²) in [5, 5.41) is 4.98. The van der Waals surface area contributed by atoms with Crippen LogP contribution in [0.2, 0.25) is 0 Å². The number of hydrogen-bond acceptors (Lipinski definition) is 3. The van der Waals surface area contributed by atoms with Crippen LogP contribution in [0, 0.1) is 23.4 Å². The van der Waals surface area contributed by atoms with Crippen LogP contribution in [-0.2, 0) is 9.59 Å². The van der Waals surface area contributed by atoms with Crippen molar-refractivity contribution in [2.24, 2.45) is 11.7 Å². The molecule has 0 aliphatic carbocycles. The van der Waals surface area contributed by atoms with Crippen molar-refractivity contribution < 1.29 is 22.8 Å². The summed E-state index contributed by atoms with van der Waals surface area (Å²) in [5.74, 6) is -5.32. The van der Waals surface area contributed by atoms with Gasteiger partial charge >= 0.3 is 0 Å². The lowest BCUT2D eigenvalue weighted by Crippen LogP contribution is -2.46. The number of nitrogens with one attached hydrogen (secondary N) is 2. The van der Waals surface area contributed by atoms with Crippen LogP contribution in [0.3, 0.4) is 0 Å². The summed E-state index contributed by atoms with van der Waals surface area (Å²) < 4.78 is 40.2. The summed E-state index contributed by atoms with van der Waals surface area (Å²) in [6, 6.07) is 7.20. The van der Waals surface area contributed by atoms with Gasteiger partial charge in [-0.15, -0.1) is 12.4 Å². The lowest BCUT2D eigenvalue weighted by molar-refractivity contribution is -0.125. The molecule has 152 valence electrons. The molecule has 0 fully saturated rings. The molecular formula is C19H21ClF3N3O2. The molecule has 0 unspecified atom stereocenters. The molecule has 2 aromatic carbocycles. The molecule has 0 aliphatic rings. The first kappa shape index (κ1) is 23.5. The van der Waals surface area contributed by atoms with Crippen LogP contribution in [-0.4, -0.2) is 24.4 Å². The smallest absolute Gasteiger partial charge is 0.243 e. The maximum Gasteiger partial charge on any atom is 0.243 e. The minimum absolute atomic E-state index is 0. The molecule has 0 aliphatic heterocycles. The SMILES string of the molecule is CC(C)[C@H](N)C(=O)NCC(=O)Nc1ccccc1-c1cc(F)c(F)c(F)c1.Cl. The van der Waals surface area contributed by atoms with Gasteiger partial charge in [0.2, 0.25) is 11.8 Å². The number of carbonyl (C=O) groups excluding carboxylic acids is 2. The molecule has 28 heavy (non-hydrogen) atoms. The zero-order valence-corrected chi connectivity index (χ0v) is 16.1. The molecule has 2 aromatic rings. The van der Waals surface area contributed by atoms with E-state index in [1.807, 2.05) is 0 Å². The third-order valence-electron chi connectivity index (χ3n) is 3.94. The third kappa shape index (κ3) is 5.71. The Bertz CT molecular complexity index is 839. The Morgan fingerprint density at radius 2 is 1.64 bits per heavy atom. The Morgan fingerprint density at radius 1 is 1.07 bits per heavy atom. The third-order valence-corrected chi connectivity index (χ3v) is 3.94. The largest absolute Gasteiger partial charge is 0.346 e. The maximum absolute atomic E-state index is 13.5. The molecule has 2 amide bonds. The van der Waals surface area contributed by atoms with E-state index in [-0.39, 0.29) is 36.1 Å². The molecular weight excluding hydrogens is 395 g/mol. The van der Waals surface area contributed by atoms with E-state index >= 15 is 0 Å². The summed E-state index contributed by atoms with van der Waals surface area (Å²) in [5.41, 5.74) is 6.32. The Hall–Kier alpha value is -2.58. The van der Waals surface area contributed by atoms with Crippen LogP contribution in [0.25, 0.3) is 11.1 Å². The summed E-state index contributed by atoms with van der Waals surface area (Å²) in [6.07, 6.45) is 0. The van der Waals surface area contributed by atoms with Gasteiger partial charge in [-0.05, 0) is 29.7 Å². The second-order valence-corrected chi connectivity index (χ2v) is 6.34.